The Balaban J connectivity index is 0.000000191. The minimum absolute atomic E-state index is 0.200. The number of nitrogens with zero attached hydrogens (tertiary/aromatic N) is 8. The number of carbonyl (C=O) groups excluding carboxylic acids is 2. The lowest BCUT2D eigenvalue weighted by Gasteiger charge is -2.34. The average molecular weight is 776 g/mol. The van der Waals surface area contributed by atoms with Crippen LogP contribution in [0.15, 0.2) is 45.6 Å². The zero-order valence-corrected chi connectivity index (χ0v) is 32.8. The second-order valence-corrected chi connectivity index (χ2v) is 16.7. The molecule has 0 spiro atoms. The molecule has 0 bridgehead atoms. The number of aromatic nitrogens is 6. The number of ether oxygens (including phenoxy) is 2. The highest BCUT2D eigenvalue weighted by molar-refractivity contribution is 9.10. The van der Waals surface area contributed by atoms with Crippen molar-refractivity contribution in [2.75, 3.05) is 38.7 Å². The Kier molecular flexibility index (Phi) is 11.7. The van der Waals surface area contributed by atoms with Gasteiger partial charge in [0.05, 0.1) is 17.6 Å². The Morgan fingerprint density at radius 3 is 1.82 bits per heavy atom. The number of rotatable bonds is 4. The van der Waals surface area contributed by atoms with Gasteiger partial charge in [-0.1, -0.05) is 0 Å². The second-order valence-electron chi connectivity index (χ2n) is 14.3. The predicted octanol–water partition coefficient (Wildman–Crippen LogP) is 7.89. The monoisotopic (exact) mass is 774 g/mol. The maximum Gasteiger partial charge on any atom is 0.410 e. The molecular formula is C34H47BrN8O4S2. The zero-order chi connectivity index (χ0) is 35.5. The summed E-state index contributed by atoms with van der Waals surface area (Å²) in [7, 11) is 0. The van der Waals surface area contributed by atoms with E-state index in [-0.39, 0.29) is 24.0 Å². The van der Waals surface area contributed by atoms with Crippen LogP contribution >= 0.6 is 39.5 Å². The molecule has 2 atom stereocenters. The maximum absolute atomic E-state index is 12.4. The van der Waals surface area contributed by atoms with Gasteiger partial charge in [0.2, 0.25) is 0 Å². The van der Waals surface area contributed by atoms with Gasteiger partial charge in [-0.05, 0) is 95.7 Å². The topological polar surface area (TPSA) is 119 Å². The number of likely N-dealkylation sites (tertiary alicyclic amines) is 2. The van der Waals surface area contributed by atoms with E-state index in [0.29, 0.717) is 13.1 Å². The third-order valence-electron chi connectivity index (χ3n) is 8.17. The molecule has 12 nitrogen and oxygen atoms in total. The quantitative estimate of drug-likeness (QED) is 0.189. The van der Waals surface area contributed by atoms with Crippen molar-refractivity contribution in [2.45, 2.75) is 100 Å². The first-order valence-electron chi connectivity index (χ1n) is 16.6. The van der Waals surface area contributed by atoms with Crippen molar-refractivity contribution in [1.29, 1.82) is 0 Å². The molecule has 266 valence electrons. The van der Waals surface area contributed by atoms with Gasteiger partial charge in [-0.25, -0.2) is 29.5 Å². The number of hydrogen-bond donors (Lipinski definition) is 0. The molecule has 0 N–H and O–H groups in total. The van der Waals surface area contributed by atoms with E-state index in [1.165, 1.54) is 0 Å². The first kappa shape index (κ1) is 37.2. The van der Waals surface area contributed by atoms with Gasteiger partial charge >= 0.3 is 12.2 Å². The number of piperidine rings is 2. The Labute approximate surface area is 305 Å². The number of hydrogen-bond acceptors (Lipinski definition) is 10. The van der Waals surface area contributed by atoms with Gasteiger partial charge in [0.1, 0.15) is 25.9 Å². The minimum atomic E-state index is -0.477. The van der Waals surface area contributed by atoms with Gasteiger partial charge in [-0.3, -0.25) is 4.40 Å². The fourth-order valence-corrected chi connectivity index (χ4v) is 7.40. The number of fused-ring (bicyclic) bond motifs is 2. The van der Waals surface area contributed by atoms with Crippen molar-refractivity contribution in [3.8, 4) is 0 Å². The highest BCUT2D eigenvalue weighted by Crippen LogP contribution is 2.31. The third kappa shape index (κ3) is 9.40. The molecule has 4 aromatic heterocycles. The molecule has 4 aromatic rings. The van der Waals surface area contributed by atoms with Crippen molar-refractivity contribution in [3.05, 3.63) is 47.0 Å². The molecule has 0 aliphatic carbocycles. The van der Waals surface area contributed by atoms with E-state index in [4.69, 9.17) is 19.4 Å². The van der Waals surface area contributed by atoms with E-state index >= 15 is 0 Å². The van der Waals surface area contributed by atoms with Crippen LogP contribution in [-0.2, 0) is 9.47 Å². The Morgan fingerprint density at radius 1 is 0.796 bits per heavy atom. The highest BCUT2D eigenvalue weighted by atomic mass is 79.9. The zero-order valence-electron chi connectivity index (χ0n) is 29.6. The van der Waals surface area contributed by atoms with Gasteiger partial charge in [-0.15, -0.1) is 23.5 Å². The van der Waals surface area contributed by atoms with Crippen molar-refractivity contribution in [3.63, 3.8) is 0 Å². The fourth-order valence-electron chi connectivity index (χ4n) is 5.96. The number of amides is 2. The third-order valence-corrected chi connectivity index (χ3v) is 10.1. The summed E-state index contributed by atoms with van der Waals surface area (Å²) in [6, 6.07) is 0. The lowest BCUT2D eigenvalue weighted by molar-refractivity contribution is 0.0187. The fraction of sp³-hybridized carbons (Fsp3) is 0.588. The van der Waals surface area contributed by atoms with Crippen LogP contribution in [-0.4, -0.2) is 101 Å². The summed E-state index contributed by atoms with van der Waals surface area (Å²) in [6.45, 7) is 14.1. The first-order chi connectivity index (χ1) is 23.2. The second kappa shape index (κ2) is 15.5. The van der Waals surface area contributed by atoms with Gasteiger partial charge in [0, 0.05) is 62.8 Å². The molecule has 0 radical (unpaired) electrons. The molecule has 2 unspecified atom stereocenters. The molecule has 2 amide bonds. The lowest BCUT2D eigenvalue weighted by atomic mass is 9.95. The van der Waals surface area contributed by atoms with E-state index in [2.05, 4.69) is 25.9 Å². The summed E-state index contributed by atoms with van der Waals surface area (Å²) in [5.74, 6) is 0.426. The largest absolute Gasteiger partial charge is 0.444 e. The van der Waals surface area contributed by atoms with Crippen LogP contribution < -0.4 is 0 Å². The molecule has 2 fully saturated rings. The highest BCUT2D eigenvalue weighted by Gasteiger charge is 2.31. The molecule has 49 heavy (non-hydrogen) atoms. The Hall–Kier alpha value is -3.04. The van der Waals surface area contributed by atoms with Crippen LogP contribution in [0.1, 0.15) is 90.4 Å². The van der Waals surface area contributed by atoms with Gasteiger partial charge in [-0.2, -0.15) is 0 Å². The SMILES string of the molecule is CSc1nc(C2CCCN(C(=O)OC(C)(C)C)C2)cn2c(Br)cnc12.CSc1nc(C2CCCN(C(=O)OC(C)(C)C)C2)cn2ccnc12. The summed E-state index contributed by atoms with van der Waals surface area (Å²) in [5.41, 5.74) is 2.79. The number of imidazole rings is 2. The van der Waals surface area contributed by atoms with Crippen molar-refractivity contribution in [2.24, 2.45) is 0 Å². The molecule has 2 aliphatic heterocycles. The number of carbonyl (C=O) groups is 2. The smallest absolute Gasteiger partial charge is 0.410 e. The molecule has 0 aromatic carbocycles. The maximum atomic E-state index is 12.4. The van der Waals surface area contributed by atoms with Crippen molar-refractivity contribution >= 4 is 62.9 Å². The van der Waals surface area contributed by atoms with E-state index < -0.39 is 11.2 Å². The Bertz CT molecular complexity index is 1780. The van der Waals surface area contributed by atoms with Gasteiger partial charge < -0.3 is 23.7 Å². The van der Waals surface area contributed by atoms with Crippen LogP contribution in [0.5, 0.6) is 0 Å². The number of thioether (sulfide) groups is 2. The summed E-state index contributed by atoms with van der Waals surface area (Å²) in [6.07, 6.45) is 17.0. The molecule has 6 rings (SSSR count). The van der Waals surface area contributed by atoms with Crippen molar-refractivity contribution < 1.29 is 19.1 Å². The molecule has 0 saturated carbocycles. The molecule has 6 heterocycles. The normalized spacial score (nSPS) is 18.7. The molecule has 2 saturated heterocycles. The van der Waals surface area contributed by atoms with E-state index in [0.717, 1.165) is 76.1 Å². The minimum Gasteiger partial charge on any atom is -0.444 e. The average Bonchev–Trinajstić information content (AvgIpc) is 3.69. The summed E-state index contributed by atoms with van der Waals surface area (Å²) in [4.78, 5) is 46.7. The van der Waals surface area contributed by atoms with Crippen molar-refractivity contribution in [1.82, 2.24) is 38.5 Å². The van der Waals surface area contributed by atoms with Gasteiger partial charge in [0.15, 0.2) is 11.3 Å². The molecule has 2 aliphatic rings. The Morgan fingerprint density at radius 2 is 1.31 bits per heavy atom. The van der Waals surface area contributed by atoms with Crippen LogP contribution in [0, 0.1) is 0 Å². The summed E-state index contributed by atoms with van der Waals surface area (Å²) < 4.78 is 16.0. The van der Waals surface area contributed by atoms with Crippen LogP contribution in [0.4, 0.5) is 9.59 Å². The van der Waals surface area contributed by atoms with Crippen LogP contribution in [0.2, 0.25) is 0 Å². The van der Waals surface area contributed by atoms with E-state index in [9.17, 15) is 9.59 Å². The lowest BCUT2D eigenvalue weighted by Crippen LogP contribution is -2.42. The van der Waals surface area contributed by atoms with Gasteiger partial charge in [0.25, 0.3) is 0 Å². The molecule has 15 heteroatoms. The molecular weight excluding hydrogens is 728 g/mol. The standard InChI is InChI=1S/C17H23BrN4O2S.C17H24N4O2S/c1-17(2,3)24-16(23)21-7-5-6-11(9-21)12-10-22-13(18)8-19-14(22)15(20-12)25-4;1-17(2,3)23-16(22)21-8-5-6-12(10-21)13-11-20-9-7-18-14(20)15(19-13)24-4/h8,10-11H,5-7,9H2,1-4H3;7,9,11-12H,5-6,8,10H2,1-4H3. The summed E-state index contributed by atoms with van der Waals surface area (Å²) >= 11 is 6.72. The summed E-state index contributed by atoms with van der Waals surface area (Å²) in [5, 5.41) is 1.82. The predicted molar refractivity (Wildman–Crippen MR) is 197 cm³/mol. The first-order valence-corrected chi connectivity index (χ1v) is 19.8. The number of halogens is 1. The van der Waals surface area contributed by atoms with Crippen LogP contribution in [0.25, 0.3) is 11.3 Å². The van der Waals surface area contributed by atoms with Crippen LogP contribution in [0.3, 0.4) is 0 Å². The van der Waals surface area contributed by atoms with E-state index in [1.807, 2.05) is 81.4 Å². The van der Waals surface area contributed by atoms with E-state index in [1.54, 1.807) is 45.7 Å².